The van der Waals surface area contributed by atoms with Crippen molar-refractivity contribution in [1.82, 2.24) is 9.97 Å². The Morgan fingerprint density at radius 2 is 1.12 bits per heavy atom. The number of aliphatic hydroxyl groups is 1. The molecule has 40 heavy (non-hydrogen) atoms. The summed E-state index contributed by atoms with van der Waals surface area (Å²) in [6, 6.07) is 9.45. The van der Waals surface area contributed by atoms with E-state index in [1.807, 2.05) is 0 Å². The molecule has 0 fully saturated rings. The quantitative estimate of drug-likeness (QED) is 0.120. The third-order valence-corrected chi connectivity index (χ3v) is 6.64. The highest BCUT2D eigenvalue weighted by atomic mass is 35.5. The number of hydrogen-bond acceptors (Lipinski definition) is 4. The first-order chi connectivity index (χ1) is 19.0. The summed E-state index contributed by atoms with van der Waals surface area (Å²) in [5, 5.41) is 9.41. The molecular formula is C28H20Cl4F4N2O2. The van der Waals surface area contributed by atoms with Crippen LogP contribution in [0.25, 0.3) is 22.3 Å². The molecule has 2 aromatic heterocycles. The van der Waals surface area contributed by atoms with Crippen LogP contribution < -0.4 is 0 Å². The molecule has 2 heterocycles. The van der Waals surface area contributed by atoms with Gasteiger partial charge in [0.2, 0.25) is 0 Å². The SMILES string of the molecule is O=CCCc1c(-c2ccc(F)cc2F)cc(Cl)nc1Cl.OCCCc1c(-c2ccc(F)cc2F)cc(Cl)nc1Cl. The second kappa shape index (κ2) is 14.8. The van der Waals surface area contributed by atoms with Crippen molar-refractivity contribution in [1.29, 1.82) is 0 Å². The fraction of sp³-hybridized carbons (Fsp3) is 0.179. The summed E-state index contributed by atoms with van der Waals surface area (Å²) in [6.45, 7) is -0.0235. The zero-order valence-corrected chi connectivity index (χ0v) is 23.5. The van der Waals surface area contributed by atoms with Gasteiger partial charge in [-0.3, -0.25) is 0 Å². The van der Waals surface area contributed by atoms with Crippen molar-refractivity contribution >= 4 is 52.7 Å². The van der Waals surface area contributed by atoms with Gasteiger partial charge >= 0.3 is 0 Å². The van der Waals surface area contributed by atoms with E-state index in [4.69, 9.17) is 51.5 Å². The molecule has 4 nitrogen and oxygen atoms in total. The lowest BCUT2D eigenvalue weighted by Crippen LogP contribution is -1.98. The van der Waals surface area contributed by atoms with Crippen molar-refractivity contribution in [3.8, 4) is 22.3 Å². The summed E-state index contributed by atoms with van der Waals surface area (Å²) in [6.07, 6.45) is 2.14. The molecule has 0 radical (unpaired) electrons. The number of hydrogen-bond donors (Lipinski definition) is 1. The molecule has 0 aliphatic rings. The summed E-state index contributed by atoms with van der Waals surface area (Å²) in [4.78, 5) is 18.3. The van der Waals surface area contributed by atoms with Gasteiger partial charge < -0.3 is 9.90 Å². The molecule has 12 heteroatoms. The zero-order chi connectivity index (χ0) is 29.4. The van der Waals surface area contributed by atoms with E-state index in [0.29, 0.717) is 41.5 Å². The second-order valence-electron chi connectivity index (χ2n) is 8.30. The van der Waals surface area contributed by atoms with Crippen molar-refractivity contribution in [2.45, 2.75) is 25.7 Å². The Kier molecular flexibility index (Phi) is 11.7. The maximum atomic E-state index is 13.9. The van der Waals surface area contributed by atoms with Gasteiger partial charge in [-0.1, -0.05) is 46.4 Å². The van der Waals surface area contributed by atoms with E-state index >= 15 is 0 Å². The highest BCUT2D eigenvalue weighted by Gasteiger charge is 2.17. The lowest BCUT2D eigenvalue weighted by Gasteiger charge is -2.12. The summed E-state index contributed by atoms with van der Waals surface area (Å²) in [5.74, 6) is -2.76. The van der Waals surface area contributed by atoms with Crippen molar-refractivity contribution < 1.29 is 27.5 Å². The van der Waals surface area contributed by atoms with Crippen LogP contribution in [0.3, 0.4) is 0 Å². The van der Waals surface area contributed by atoms with Crippen molar-refractivity contribution in [2.24, 2.45) is 0 Å². The highest BCUT2D eigenvalue weighted by Crippen LogP contribution is 2.34. The Morgan fingerprint density at radius 3 is 1.52 bits per heavy atom. The van der Waals surface area contributed by atoms with Crippen LogP contribution in [-0.4, -0.2) is 28.0 Å². The molecule has 0 atom stereocenters. The molecule has 0 saturated carbocycles. The standard InChI is InChI=1S/C14H11Cl2F2NO.C14H9Cl2F2NO/c2*15-13-7-11(9-4-3-8(17)6-12(9)18)10(2-1-5-20)14(16)19-13/h3-4,6-7,20H,1-2,5H2;3-7H,1-2H2. The van der Waals surface area contributed by atoms with Crippen LogP contribution in [0.5, 0.6) is 0 Å². The monoisotopic (exact) mass is 632 g/mol. The van der Waals surface area contributed by atoms with Gasteiger partial charge in [-0.25, -0.2) is 27.5 Å². The molecule has 0 amide bonds. The molecule has 0 aliphatic carbocycles. The Balaban J connectivity index is 0.000000220. The fourth-order valence-corrected chi connectivity index (χ4v) is 4.90. The normalized spacial score (nSPS) is 10.7. The van der Waals surface area contributed by atoms with Gasteiger partial charge in [0, 0.05) is 36.3 Å². The molecule has 0 bridgehead atoms. The lowest BCUT2D eigenvalue weighted by molar-refractivity contribution is -0.107. The van der Waals surface area contributed by atoms with Gasteiger partial charge in [-0.05, 0) is 77.9 Å². The van der Waals surface area contributed by atoms with E-state index in [1.54, 1.807) is 0 Å². The van der Waals surface area contributed by atoms with E-state index in [9.17, 15) is 22.4 Å². The first-order valence-electron chi connectivity index (χ1n) is 11.7. The molecule has 0 unspecified atom stereocenters. The maximum absolute atomic E-state index is 13.9. The average Bonchev–Trinajstić information content (AvgIpc) is 2.87. The minimum absolute atomic E-state index is 0.0235. The number of nitrogens with zero attached hydrogens (tertiary/aromatic N) is 2. The Morgan fingerprint density at radius 1 is 0.675 bits per heavy atom. The lowest BCUT2D eigenvalue weighted by atomic mass is 9.98. The van der Waals surface area contributed by atoms with Gasteiger partial charge in [0.1, 0.15) is 50.2 Å². The highest BCUT2D eigenvalue weighted by molar-refractivity contribution is 6.34. The smallest absolute Gasteiger partial charge is 0.134 e. The number of pyridine rings is 2. The van der Waals surface area contributed by atoms with Gasteiger partial charge in [0.15, 0.2) is 0 Å². The number of aldehydes is 1. The topological polar surface area (TPSA) is 63.1 Å². The molecular weight excluding hydrogens is 614 g/mol. The van der Waals surface area contributed by atoms with Crippen molar-refractivity contribution in [3.05, 3.63) is 104 Å². The zero-order valence-electron chi connectivity index (χ0n) is 20.5. The van der Waals surface area contributed by atoms with Crippen LogP contribution in [-0.2, 0) is 17.6 Å². The van der Waals surface area contributed by atoms with E-state index in [2.05, 4.69) is 9.97 Å². The summed E-state index contributed by atoms with van der Waals surface area (Å²) < 4.78 is 53.8. The molecule has 2 aromatic carbocycles. The van der Waals surface area contributed by atoms with Crippen LogP contribution in [0, 0.1) is 23.3 Å². The molecule has 0 aliphatic heterocycles. The van der Waals surface area contributed by atoms with Crippen LogP contribution in [0.1, 0.15) is 24.0 Å². The number of halogens is 8. The van der Waals surface area contributed by atoms with Gasteiger partial charge in [-0.2, -0.15) is 0 Å². The van der Waals surface area contributed by atoms with Crippen LogP contribution in [0.4, 0.5) is 17.6 Å². The van der Waals surface area contributed by atoms with Crippen LogP contribution in [0.2, 0.25) is 20.6 Å². The predicted molar refractivity (Wildman–Crippen MR) is 149 cm³/mol. The van der Waals surface area contributed by atoms with E-state index in [1.165, 1.54) is 24.3 Å². The Bertz CT molecular complexity index is 1520. The Labute approximate surface area is 247 Å². The van der Waals surface area contributed by atoms with E-state index in [-0.39, 0.29) is 44.8 Å². The second-order valence-corrected chi connectivity index (χ2v) is 9.80. The number of carbonyl (C=O) groups is 1. The number of aliphatic hydroxyl groups excluding tert-OH is 1. The van der Waals surface area contributed by atoms with E-state index < -0.39 is 23.3 Å². The van der Waals surface area contributed by atoms with Gasteiger partial charge in [-0.15, -0.1) is 0 Å². The molecule has 1 N–H and O–H groups in total. The first kappa shape index (κ1) is 31.8. The minimum Gasteiger partial charge on any atom is -0.396 e. The van der Waals surface area contributed by atoms with Crippen molar-refractivity contribution in [3.63, 3.8) is 0 Å². The summed E-state index contributed by atoms with van der Waals surface area (Å²) in [5.41, 5.74) is 2.32. The number of benzene rings is 2. The molecule has 0 spiro atoms. The maximum Gasteiger partial charge on any atom is 0.134 e. The summed E-state index contributed by atoms with van der Waals surface area (Å²) >= 11 is 23.7. The molecule has 4 aromatic rings. The molecule has 0 saturated heterocycles. The number of rotatable bonds is 8. The van der Waals surface area contributed by atoms with Gasteiger partial charge in [0.05, 0.1) is 0 Å². The fourth-order valence-electron chi connectivity index (χ4n) is 3.85. The van der Waals surface area contributed by atoms with E-state index in [0.717, 1.165) is 30.6 Å². The summed E-state index contributed by atoms with van der Waals surface area (Å²) in [7, 11) is 0. The number of aromatic nitrogens is 2. The first-order valence-corrected chi connectivity index (χ1v) is 13.2. The molecule has 4 rings (SSSR count). The van der Waals surface area contributed by atoms with Crippen LogP contribution in [0.15, 0.2) is 48.5 Å². The van der Waals surface area contributed by atoms with Gasteiger partial charge in [0.25, 0.3) is 0 Å². The third kappa shape index (κ3) is 8.15. The minimum atomic E-state index is -0.726. The Hall–Kier alpha value is -2.75. The van der Waals surface area contributed by atoms with Crippen molar-refractivity contribution in [2.75, 3.05) is 6.61 Å². The third-order valence-electron chi connectivity index (χ3n) is 5.62. The largest absolute Gasteiger partial charge is 0.396 e. The average molecular weight is 634 g/mol. The number of carbonyl (C=O) groups excluding carboxylic acids is 1. The molecule has 210 valence electrons. The predicted octanol–water partition coefficient (Wildman–Crippen LogP) is 8.72. The van der Waals surface area contributed by atoms with Crippen LogP contribution >= 0.6 is 46.4 Å².